The largest absolute Gasteiger partial charge is 0.334 e. The highest BCUT2D eigenvalue weighted by Crippen LogP contribution is 2.17. The minimum absolute atomic E-state index is 0.0857. The fraction of sp³-hybridized carbons (Fsp3) is 0.500. The molecule has 0 aliphatic heterocycles. The van der Waals surface area contributed by atoms with Gasteiger partial charge in [0.1, 0.15) is 0 Å². The Morgan fingerprint density at radius 3 is 2.56 bits per heavy atom. The van der Waals surface area contributed by atoms with Gasteiger partial charge in [0, 0.05) is 17.8 Å². The molecule has 1 fully saturated rings. The van der Waals surface area contributed by atoms with E-state index in [-0.39, 0.29) is 18.1 Å². The highest BCUT2D eigenvalue weighted by molar-refractivity contribution is 5.89. The highest BCUT2D eigenvalue weighted by Gasteiger charge is 2.23. The lowest BCUT2D eigenvalue weighted by Crippen LogP contribution is -2.50. The average molecular weight is 247 g/mol. The summed E-state index contributed by atoms with van der Waals surface area (Å²) in [5, 5.41) is 5.79. The van der Waals surface area contributed by atoms with Gasteiger partial charge in [-0.15, -0.1) is 0 Å². The second-order valence-corrected chi connectivity index (χ2v) is 5.02. The Kier molecular flexibility index (Phi) is 4.20. The van der Waals surface area contributed by atoms with Gasteiger partial charge in [0.05, 0.1) is 0 Å². The standard InChI is InChI=1S/C14H21N3O/c1-10-6-8-11(9-7-10)16-14(18)17-13-5-3-2-4-12(13)15/h6-9,12-13H,2-5,15H2,1H3,(H2,16,17,18)/t12-,13-/m1/s1. The molecule has 2 atom stereocenters. The number of hydrogen-bond acceptors (Lipinski definition) is 2. The van der Waals surface area contributed by atoms with Crippen molar-refractivity contribution in [3.05, 3.63) is 29.8 Å². The van der Waals surface area contributed by atoms with Crippen LogP contribution in [0.25, 0.3) is 0 Å². The fourth-order valence-electron chi connectivity index (χ4n) is 2.31. The SMILES string of the molecule is Cc1ccc(NC(=O)N[C@@H]2CCCC[C@H]2N)cc1. The molecule has 98 valence electrons. The Bertz CT molecular complexity index is 402. The Morgan fingerprint density at radius 2 is 1.89 bits per heavy atom. The van der Waals surface area contributed by atoms with Crippen molar-refractivity contribution in [1.82, 2.24) is 5.32 Å². The molecule has 0 spiro atoms. The van der Waals surface area contributed by atoms with Crippen LogP contribution in [0.5, 0.6) is 0 Å². The van der Waals surface area contributed by atoms with Crippen molar-refractivity contribution < 1.29 is 4.79 Å². The molecule has 0 heterocycles. The second kappa shape index (κ2) is 5.87. The van der Waals surface area contributed by atoms with Gasteiger partial charge in [-0.2, -0.15) is 0 Å². The van der Waals surface area contributed by atoms with E-state index in [9.17, 15) is 4.79 Å². The van der Waals surface area contributed by atoms with Crippen LogP contribution in [0.3, 0.4) is 0 Å². The summed E-state index contributed by atoms with van der Waals surface area (Å²) in [5.41, 5.74) is 7.98. The first-order valence-electron chi connectivity index (χ1n) is 6.55. The predicted octanol–water partition coefficient (Wildman–Crippen LogP) is 2.39. The van der Waals surface area contributed by atoms with E-state index in [1.54, 1.807) is 0 Å². The molecule has 1 aliphatic rings. The van der Waals surface area contributed by atoms with Gasteiger partial charge in [-0.1, -0.05) is 30.5 Å². The molecule has 0 saturated heterocycles. The van der Waals surface area contributed by atoms with Crippen LogP contribution in [0, 0.1) is 6.92 Å². The van der Waals surface area contributed by atoms with Crippen LogP contribution in [0.2, 0.25) is 0 Å². The maximum absolute atomic E-state index is 11.8. The van der Waals surface area contributed by atoms with Gasteiger partial charge < -0.3 is 16.4 Å². The highest BCUT2D eigenvalue weighted by atomic mass is 16.2. The van der Waals surface area contributed by atoms with Crippen LogP contribution in [-0.2, 0) is 0 Å². The summed E-state index contributed by atoms with van der Waals surface area (Å²) in [6.45, 7) is 2.02. The Morgan fingerprint density at radius 1 is 1.22 bits per heavy atom. The molecule has 2 amide bonds. The normalized spacial score (nSPS) is 23.4. The molecule has 4 heteroatoms. The predicted molar refractivity (Wildman–Crippen MR) is 73.6 cm³/mol. The maximum Gasteiger partial charge on any atom is 0.319 e. The zero-order valence-electron chi connectivity index (χ0n) is 10.8. The first kappa shape index (κ1) is 12.9. The Labute approximate surface area is 108 Å². The molecular weight excluding hydrogens is 226 g/mol. The van der Waals surface area contributed by atoms with Crippen molar-refractivity contribution in [2.24, 2.45) is 5.73 Å². The summed E-state index contributed by atoms with van der Waals surface area (Å²) in [6, 6.07) is 7.77. The van der Waals surface area contributed by atoms with E-state index in [1.165, 1.54) is 12.0 Å². The topological polar surface area (TPSA) is 67.2 Å². The molecule has 0 radical (unpaired) electrons. The summed E-state index contributed by atoms with van der Waals surface area (Å²) in [7, 11) is 0. The van der Waals surface area contributed by atoms with Crippen LogP contribution < -0.4 is 16.4 Å². The number of carbonyl (C=O) groups is 1. The van der Waals surface area contributed by atoms with Gasteiger partial charge >= 0.3 is 6.03 Å². The number of hydrogen-bond donors (Lipinski definition) is 3. The molecule has 4 N–H and O–H groups in total. The number of rotatable bonds is 2. The van der Waals surface area contributed by atoms with E-state index in [0.717, 1.165) is 24.9 Å². The van der Waals surface area contributed by atoms with E-state index in [2.05, 4.69) is 10.6 Å². The van der Waals surface area contributed by atoms with E-state index < -0.39 is 0 Å². The summed E-state index contributed by atoms with van der Waals surface area (Å²) in [5.74, 6) is 0. The van der Waals surface area contributed by atoms with Crippen LogP contribution in [-0.4, -0.2) is 18.1 Å². The van der Waals surface area contributed by atoms with E-state index in [4.69, 9.17) is 5.73 Å². The van der Waals surface area contributed by atoms with E-state index in [1.807, 2.05) is 31.2 Å². The zero-order chi connectivity index (χ0) is 13.0. The summed E-state index contributed by atoms with van der Waals surface area (Å²) >= 11 is 0. The molecule has 0 bridgehead atoms. The van der Waals surface area contributed by atoms with Crippen LogP contribution in [0.1, 0.15) is 31.2 Å². The zero-order valence-corrected chi connectivity index (χ0v) is 10.8. The van der Waals surface area contributed by atoms with Crippen molar-refractivity contribution in [1.29, 1.82) is 0 Å². The molecule has 4 nitrogen and oxygen atoms in total. The average Bonchev–Trinajstić information content (AvgIpc) is 2.35. The lowest BCUT2D eigenvalue weighted by atomic mass is 9.91. The first-order chi connectivity index (χ1) is 8.65. The quantitative estimate of drug-likeness (QED) is 0.751. The summed E-state index contributed by atoms with van der Waals surface area (Å²) < 4.78 is 0. The Hall–Kier alpha value is -1.55. The third-order valence-electron chi connectivity index (χ3n) is 3.45. The maximum atomic E-state index is 11.8. The van der Waals surface area contributed by atoms with Crippen LogP contribution in [0.4, 0.5) is 10.5 Å². The number of nitrogens with one attached hydrogen (secondary N) is 2. The number of amides is 2. The number of benzene rings is 1. The molecule has 0 aromatic heterocycles. The Balaban J connectivity index is 1.86. The molecule has 1 saturated carbocycles. The van der Waals surface area contributed by atoms with Crippen LogP contribution in [0.15, 0.2) is 24.3 Å². The molecule has 1 aromatic rings. The van der Waals surface area contributed by atoms with Gasteiger partial charge in [0.2, 0.25) is 0 Å². The van der Waals surface area contributed by atoms with Gasteiger partial charge in [-0.25, -0.2) is 4.79 Å². The van der Waals surface area contributed by atoms with Gasteiger partial charge in [0.15, 0.2) is 0 Å². The summed E-state index contributed by atoms with van der Waals surface area (Å²) in [6.07, 6.45) is 4.28. The van der Waals surface area contributed by atoms with E-state index >= 15 is 0 Å². The molecular formula is C14H21N3O. The lowest BCUT2D eigenvalue weighted by Gasteiger charge is -2.29. The van der Waals surface area contributed by atoms with Gasteiger partial charge in [0.25, 0.3) is 0 Å². The van der Waals surface area contributed by atoms with Crippen LogP contribution >= 0.6 is 0 Å². The minimum atomic E-state index is -0.166. The first-order valence-corrected chi connectivity index (χ1v) is 6.55. The summed E-state index contributed by atoms with van der Waals surface area (Å²) in [4.78, 5) is 11.8. The molecule has 1 aromatic carbocycles. The number of nitrogens with two attached hydrogens (primary N) is 1. The molecule has 18 heavy (non-hydrogen) atoms. The van der Waals surface area contributed by atoms with Crippen molar-refractivity contribution in [3.8, 4) is 0 Å². The third kappa shape index (κ3) is 3.47. The van der Waals surface area contributed by atoms with Crippen molar-refractivity contribution in [2.45, 2.75) is 44.7 Å². The van der Waals surface area contributed by atoms with Gasteiger partial charge in [-0.05, 0) is 31.9 Å². The second-order valence-electron chi connectivity index (χ2n) is 5.02. The fourth-order valence-corrected chi connectivity index (χ4v) is 2.31. The van der Waals surface area contributed by atoms with Crippen molar-refractivity contribution in [3.63, 3.8) is 0 Å². The molecule has 1 aliphatic carbocycles. The van der Waals surface area contributed by atoms with E-state index in [0.29, 0.717) is 0 Å². The van der Waals surface area contributed by atoms with Gasteiger partial charge in [-0.3, -0.25) is 0 Å². The number of aryl methyl sites for hydroxylation is 1. The monoisotopic (exact) mass is 247 g/mol. The number of urea groups is 1. The number of carbonyl (C=O) groups excluding carboxylic acids is 1. The number of anilines is 1. The van der Waals surface area contributed by atoms with Crippen molar-refractivity contribution in [2.75, 3.05) is 5.32 Å². The molecule has 0 unspecified atom stereocenters. The van der Waals surface area contributed by atoms with Crippen molar-refractivity contribution >= 4 is 11.7 Å². The molecule has 2 rings (SSSR count). The third-order valence-corrected chi connectivity index (χ3v) is 3.45. The minimum Gasteiger partial charge on any atom is -0.334 e. The lowest BCUT2D eigenvalue weighted by molar-refractivity contribution is 0.240. The smallest absolute Gasteiger partial charge is 0.319 e.